The molecule has 86 valence electrons. The fourth-order valence-corrected chi connectivity index (χ4v) is 1.26. The van der Waals surface area contributed by atoms with Crippen molar-refractivity contribution in [1.82, 2.24) is 25.0 Å². The van der Waals surface area contributed by atoms with Crippen molar-refractivity contribution in [3.8, 4) is 11.5 Å². The van der Waals surface area contributed by atoms with E-state index in [4.69, 9.17) is 4.52 Å². The molecule has 6 heteroatoms. The second-order valence-corrected chi connectivity index (χ2v) is 4.19. The number of imidazole rings is 1. The minimum atomic E-state index is -0.330. The van der Waals surface area contributed by atoms with Crippen LogP contribution in [0.3, 0.4) is 0 Å². The molecule has 0 saturated heterocycles. The lowest BCUT2D eigenvalue weighted by Crippen LogP contribution is -2.33. The maximum atomic E-state index is 5.23. The van der Waals surface area contributed by atoms with E-state index >= 15 is 0 Å². The van der Waals surface area contributed by atoms with E-state index in [-0.39, 0.29) is 5.54 Å². The maximum absolute atomic E-state index is 5.23. The molecule has 0 aliphatic heterocycles. The van der Waals surface area contributed by atoms with Gasteiger partial charge in [0.2, 0.25) is 11.7 Å². The SMILES string of the molecule is CNC(C)(C)c1nc(-c2cncn2C)no1. The summed E-state index contributed by atoms with van der Waals surface area (Å²) in [6.07, 6.45) is 3.41. The topological polar surface area (TPSA) is 68.8 Å². The molecule has 0 amide bonds. The van der Waals surface area contributed by atoms with Crippen LogP contribution < -0.4 is 5.32 Å². The van der Waals surface area contributed by atoms with Crippen LogP contribution >= 0.6 is 0 Å². The van der Waals surface area contributed by atoms with Crippen LogP contribution in [0.2, 0.25) is 0 Å². The summed E-state index contributed by atoms with van der Waals surface area (Å²) >= 11 is 0. The molecule has 0 aromatic carbocycles. The van der Waals surface area contributed by atoms with Crippen LogP contribution in [0.25, 0.3) is 11.5 Å². The molecule has 2 rings (SSSR count). The predicted molar refractivity (Wildman–Crippen MR) is 58.6 cm³/mol. The van der Waals surface area contributed by atoms with E-state index in [1.165, 1.54) is 0 Å². The van der Waals surface area contributed by atoms with E-state index in [2.05, 4.69) is 20.4 Å². The Bertz CT molecular complexity index is 485. The van der Waals surface area contributed by atoms with Crippen LogP contribution in [0.5, 0.6) is 0 Å². The number of aryl methyl sites for hydroxylation is 1. The van der Waals surface area contributed by atoms with Crippen LogP contribution in [-0.4, -0.2) is 26.7 Å². The lowest BCUT2D eigenvalue weighted by molar-refractivity contribution is 0.281. The molecule has 0 fully saturated rings. The molecule has 16 heavy (non-hydrogen) atoms. The van der Waals surface area contributed by atoms with Gasteiger partial charge in [-0.1, -0.05) is 5.16 Å². The van der Waals surface area contributed by atoms with E-state index in [1.807, 2.05) is 32.5 Å². The van der Waals surface area contributed by atoms with Crippen LogP contribution in [0, 0.1) is 0 Å². The second-order valence-electron chi connectivity index (χ2n) is 4.19. The molecule has 0 bridgehead atoms. The average molecular weight is 221 g/mol. The first kappa shape index (κ1) is 10.8. The Hall–Kier alpha value is -1.69. The van der Waals surface area contributed by atoms with E-state index in [0.717, 1.165) is 5.69 Å². The second kappa shape index (κ2) is 3.71. The molecule has 1 N–H and O–H groups in total. The molecule has 0 radical (unpaired) electrons. The lowest BCUT2D eigenvalue weighted by atomic mass is 10.1. The lowest BCUT2D eigenvalue weighted by Gasteiger charge is -2.17. The summed E-state index contributed by atoms with van der Waals surface area (Å²) < 4.78 is 7.08. The van der Waals surface area contributed by atoms with Crippen molar-refractivity contribution < 1.29 is 4.52 Å². The van der Waals surface area contributed by atoms with Crippen molar-refractivity contribution >= 4 is 0 Å². The van der Waals surface area contributed by atoms with Crippen molar-refractivity contribution in [2.45, 2.75) is 19.4 Å². The van der Waals surface area contributed by atoms with Gasteiger partial charge in [0.05, 0.1) is 18.1 Å². The molecule has 6 nitrogen and oxygen atoms in total. The number of hydrogen-bond acceptors (Lipinski definition) is 5. The molecule has 0 atom stereocenters. The number of nitrogens with one attached hydrogen (secondary N) is 1. The monoisotopic (exact) mass is 221 g/mol. The van der Waals surface area contributed by atoms with Gasteiger partial charge in [0.25, 0.3) is 0 Å². The fourth-order valence-electron chi connectivity index (χ4n) is 1.26. The molecular formula is C10H15N5O. The van der Waals surface area contributed by atoms with Crippen LogP contribution in [0.15, 0.2) is 17.0 Å². The molecule has 0 aliphatic rings. The largest absolute Gasteiger partial charge is 0.337 e. The maximum Gasteiger partial charge on any atom is 0.246 e. The van der Waals surface area contributed by atoms with Crippen LogP contribution in [0.4, 0.5) is 0 Å². The van der Waals surface area contributed by atoms with Gasteiger partial charge in [-0.15, -0.1) is 0 Å². The Morgan fingerprint density at radius 2 is 2.19 bits per heavy atom. The van der Waals surface area contributed by atoms with Gasteiger partial charge in [0.15, 0.2) is 0 Å². The highest BCUT2D eigenvalue weighted by Gasteiger charge is 2.26. The quantitative estimate of drug-likeness (QED) is 0.834. The van der Waals surface area contributed by atoms with Gasteiger partial charge in [-0.05, 0) is 20.9 Å². The Kier molecular flexibility index (Phi) is 2.51. The Morgan fingerprint density at radius 3 is 2.75 bits per heavy atom. The summed E-state index contributed by atoms with van der Waals surface area (Å²) in [6.45, 7) is 3.96. The van der Waals surface area contributed by atoms with Gasteiger partial charge in [-0.3, -0.25) is 0 Å². The Labute approximate surface area is 93.7 Å². The molecule has 0 unspecified atom stereocenters. The van der Waals surface area contributed by atoms with E-state index < -0.39 is 0 Å². The fraction of sp³-hybridized carbons (Fsp3) is 0.500. The van der Waals surface area contributed by atoms with Crippen molar-refractivity contribution in [3.63, 3.8) is 0 Å². The smallest absolute Gasteiger partial charge is 0.246 e. The van der Waals surface area contributed by atoms with E-state index in [9.17, 15) is 0 Å². The highest BCUT2D eigenvalue weighted by atomic mass is 16.5. The molecule has 2 aromatic rings. The van der Waals surface area contributed by atoms with Gasteiger partial charge < -0.3 is 14.4 Å². The first-order valence-corrected chi connectivity index (χ1v) is 5.04. The minimum absolute atomic E-state index is 0.330. The van der Waals surface area contributed by atoms with Crippen molar-refractivity contribution in [3.05, 3.63) is 18.4 Å². The highest BCUT2D eigenvalue weighted by molar-refractivity contribution is 5.47. The summed E-state index contributed by atoms with van der Waals surface area (Å²) in [6, 6.07) is 0. The Morgan fingerprint density at radius 1 is 1.44 bits per heavy atom. The van der Waals surface area contributed by atoms with Crippen LogP contribution in [0.1, 0.15) is 19.7 Å². The zero-order valence-electron chi connectivity index (χ0n) is 9.85. The summed E-state index contributed by atoms with van der Waals surface area (Å²) in [5.74, 6) is 1.12. The third kappa shape index (κ3) is 1.71. The van der Waals surface area contributed by atoms with Crippen LogP contribution in [-0.2, 0) is 12.6 Å². The van der Waals surface area contributed by atoms with Crippen molar-refractivity contribution in [2.75, 3.05) is 7.05 Å². The third-order valence-corrected chi connectivity index (χ3v) is 2.63. The van der Waals surface area contributed by atoms with Crippen molar-refractivity contribution in [2.24, 2.45) is 7.05 Å². The molecule has 0 saturated carbocycles. The zero-order chi connectivity index (χ0) is 11.8. The van der Waals surface area contributed by atoms with Gasteiger partial charge >= 0.3 is 0 Å². The van der Waals surface area contributed by atoms with Gasteiger partial charge in [-0.25, -0.2) is 4.98 Å². The average Bonchev–Trinajstić information content (AvgIpc) is 2.85. The zero-order valence-corrected chi connectivity index (χ0v) is 9.85. The van der Waals surface area contributed by atoms with Gasteiger partial charge in [-0.2, -0.15) is 4.98 Å². The predicted octanol–water partition coefficient (Wildman–Crippen LogP) is 0.925. The first-order chi connectivity index (χ1) is 7.54. The molecule has 0 spiro atoms. The number of rotatable bonds is 3. The van der Waals surface area contributed by atoms with Gasteiger partial charge in [0.1, 0.15) is 5.69 Å². The van der Waals surface area contributed by atoms with E-state index in [0.29, 0.717) is 11.7 Å². The van der Waals surface area contributed by atoms with Gasteiger partial charge in [0, 0.05) is 7.05 Å². The molecule has 0 aliphatic carbocycles. The molecule has 2 aromatic heterocycles. The first-order valence-electron chi connectivity index (χ1n) is 5.04. The number of aromatic nitrogens is 4. The van der Waals surface area contributed by atoms with E-state index in [1.54, 1.807) is 12.5 Å². The summed E-state index contributed by atoms with van der Waals surface area (Å²) in [5, 5.41) is 7.06. The minimum Gasteiger partial charge on any atom is -0.337 e. The standard InChI is InChI=1S/C10H15N5O/c1-10(2,11-3)9-13-8(14-16-9)7-5-12-6-15(7)4/h5-6,11H,1-4H3. The summed E-state index contributed by atoms with van der Waals surface area (Å²) in [7, 11) is 3.75. The number of nitrogens with zero attached hydrogens (tertiary/aromatic N) is 4. The summed E-state index contributed by atoms with van der Waals surface area (Å²) in [4.78, 5) is 8.37. The summed E-state index contributed by atoms with van der Waals surface area (Å²) in [5.41, 5.74) is 0.506. The normalized spacial score (nSPS) is 12.0. The molecular weight excluding hydrogens is 206 g/mol. The molecule has 2 heterocycles. The third-order valence-electron chi connectivity index (χ3n) is 2.63. The van der Waals surface area contributed by atoms with Crippen molar-refractivity contribution in [1.29, 1.82) is 0 Å². The highest BCUT2D eigenvalue weighted by Crippen LogP contribution is 2.21. The number of hydrogen-bond donors (Lipinski definition) is 1. The Balaban J connectivity index is 2.37.